The van der Waals surface area contributed by atoms with Gasteiger partial charge >= 0.3 is 0 Å². The Balaban J connectivity index is 1.89. The minimum Gasteiger partial charge on any atom is -0.299 e. The molecule has 3 rings (SSSR count). The van der Waals surface area contributed by atoms with Crippen LogP contribution < -0.4 is 4.72 Å². The summed E-state index contributed by atoms with van der Waals surface area (Å²) in [4.78, 5) is 11.6. The maximum atomic E-state index is 12.9. The van der Waals surface area contributed by atoms with Crippen LogP contribution in [0.4, 0.5) is 10.1 Å². The highest BCUT2D eigenvalue weighted by Gasteiger charge is 2.20. The molecular formula is C16H14FNO3S. The minimum atomic E-state index is -3.73. The van der Waals surface area contributed by atoms with Crippen molar-refractivity contribution in [3.63, 3.8) is 0 Å². The molecule has 0 aliphatic heterocycles. The lowest BCUT2D eigenvalue weighted by atomic mass is 9.91. The summed E-state index contributed by atoms with van der Waals surface area (Å²) in [5.41, 5.74) is 2.08. The summed E-state index contributed by atoms with van der Waals surface area (Å²) in [7, 11) is -3.73. The van der Waals surface area contributed by atoms with E-state index in [2.05, 4.69) is 4.72 Å². The fourth-order valence-electron chi connectivity index (χ4n) is 2.48. The van der Waals surface area contributed by atoms with E-state index >= 15 is 0 Å². The number of rotatable bonds is 3. The zero-order chi connectivity index (χ0) is 15.7. The number of hydrogen-bond donors (Lipinski definition) is 1. The molecule has 0 amide bonds. The predicted molar refractivity (Wildman–Crippen MR) is 80.7 cm³/mol. The number of carbonyl (C=O) groups is 1. The van der Waals surface area contributed by atoms with Crippen LogP contribution in [0, 0.1) is 5.82 Å². The van der Waals surface area contributed by atoms with Gasteiger partial charge < -0.3 is 0 Å². The van der Waals surface area contributed by atoms with E-state index in [9.17, 15) is 17.6 Å². The summed E-state index contributed by atoms with van der Waals surface area (Å²) in [6.07, 6.45) is 1.37. The molecule has 1 aliphatic rings. The molecule has 6 heteroatoms. The normalized spacial score (nSPS) is 14.5. The van der Waals surface area contributed by atoms with E-state index in [1.807, 2.05) is 0 Å². The van der Waals surface area contributed by atoms with Crippen LogP contribution in [0.25, 0.3) is 0 Å². The van der Waals surface area contributed by atoms with Crippen LogP contribution >= 0.6 is 0 Å². The van der Waals surface area contributed by atoms with E-state index in [0.717, 1.165) is 11.1 Å². The predicted octanol–water partition coefficient (Wildman–Crippen LogP) is 2.68. The Morgan fingerprint density at radius 1 is 0.955 bits per heavy atom. The van der Waals surface area contributed by atoms with Crippen LogP contribution in [0.5, 0.6) is 0 Å². The van der Waals surface area contributed by atoms with E-state index in [0.29, 0.717) is 24.9 Å². The van der Waals surface area contributed by atoms with Gasteiger partial charge in [-0.05, 0) is 53.9 Å². The van der Waals surface area contributed by atoms with Gasteiger partial charge in [0.25, 0.3) is 10.0 Å². The van der Waals surface area contributed by atoms with Gasteiger partial charge in [-0.25, -0.2) is 12.8 Å². The molecule has 4 nitrogen and oxygen atoms in total. The smallest absolute Gasteiger partial charge is 0.261 e. The van der Waals surface area contributed by atoms with Gasteiger partial charge in [-0.1, -0.05) is 6.07 Å². The topological polar surface area (TPSA) is 63.2 Å². The van der Waals surface area contributed by atoms with Gasteiger partial charge in [-0.3, -0.25) is 9.52 Å². The molecule has 0 atom stereocenters. The molecule has 0 bridgehead atoms. The summed E-state index contributed by atoms with van der Waals surface area (Å²) in [6.45, 7) is 0. The molecule has 1 aliphatic carbocycles. The van der Waals surface area contributed by atoms with Gasteiger partial charge in [-0.2, -0.15) is 0 Å². The number of aryl methyl sites for hydroxylation is 1. The fourth-order valence-corrected chi connectivity index (χ4v) is 3.59. The first-order valence-electron chi connectivity index (χ1n) is 6.86. The Morgan fingerprint density at radius 3 is 2.41 bits per heavy atom. The number of halogens is 1. The van der Waals surface area contributed by atoms with Crippen molar-refractivity contribution in [1.29, 1.82) is 0 Å². The first-order chi connectivity index (χ1) is 10.4. The second kappa shape index (κ2) is 5.53. The monoisotopic (exact) mass is 319 g/mol. The molecule has 0 saturated heterocycles. The average molecular weight is 319 g/mol. The maximum absolute atomic E-state index is 12.9. The Bertz CT molecular complexity index is 829. The third-order valence-corrected chi connectivity index (χ3v) is 5.02. The summed E-state index contributed by atoms with van der Waals surface area (Å²) in [5.74, 6) is -0.256. The molecule has 0 spiro atoms. The van der Waals surface area contributed by atoms with Crippen molar-refractivity contribution in [3.8, 4) is 0 Å². The van der Waals surface area contributed by atoms with Crippen molar-refractivity contribution in [3.05, 3.63) is 59.4 Å². The number of sulfonamides is 1. The summed E-state index contributed by atoms with van der Waals surface area (Å²) in [5, 5.41) is 0. The first-order valence-corrected chi connectivity index (χ1v) is 8.34. The molecule has 114 valence electrons. The number of ketones is 1. The van der Waals surface area contributed by atoms with Crippen molar-refractivity contribution >= 4 is 21.5 Å². The zero-order valence-corrected chi connectivity index (χ0v) is 12.5. The van der Waals surface area contributed by atoms with E-state index in [1.54, 1.807) is 12.1 Å². The van der Waals surface area contributed by atoms with E-state index in [4.69, 9.17) is 0 Å². The minimum absolute atomic E-state index is 0.143. The zero-order valence-electron chi connectivity index (χ0n) is 11.7. The van der Waals surface area contributed by atoms with Gasteiger partial charge in [0.2, 0.25) is 0 Å². The number of fused-ring (bicyclic) bond motifs is 1. The molecule has 2 aromatic carbocycles. The highest BCUT2D eigenvalue weighted by molar-refractivity contribution is 7.92. The van der Waals surface area contributed by atoms with Crippen molar-refractivity contribution in [2.75, 3.05) is 4.72 Å². The Labute approximate surface area is 128 Å². The molecule has 0 heterocycles. The van der Waals surface area contributed by atoms with Gasteiger partial charge in [0.1, 0.15) is 11.6 Å². The van der Waals surface area contributed by atoms with Crippen LogP contribution in [-0.2, 0) is 27.7 Å². The fraction of sp³-hybridized carbons (Fsp3) is 0.188. The molecule has 0 saturated carbocycles. The standard InChI is InChI=1S/C16H14FNO3S/c17-13-3-5-14(6-4-13)18-22(20,21)16-8-2-11-9-15(19)7-1-12(11)10-16/h2-6,8,10,18H,1,7,9H2. The van der Waals surface area contributed by atoms with Crippen molar-refractivity contribution in [1.82, 2.24) is 0 Å². The van der Waals surface area contributed by atoms with Gasteiger partial charge in [0, 0.05) is 18.5 Å². The van der Waals surface area contributed by atoms with Crippen molar-refractivity contribution in [2.45, 2.75) is 24.2 Å². The number of nitrogens with one attached hydrogen (secondary N) is 1. The van der Waals surface area contributed by atoms with E-state index in [-0.39, 0.29) is 10.7 Å². The van der Waals surface area contributed by atoms with Crippen molar-refractivity contribution < 1.29 is 17.6 Å². The lowest BCUT2D eigenvalue weighted by Crippen LogP contribution is -2.16. The maximum Gasteiger partial charge on any atom is 0.261 e. The van der Waals surface area contributed by atoms with Crippen molar-refractivity contribution in [2.24, 2.45) is 0 Å². The number of anilines is 1. The van der Waals surface area contributed by atoms with Gasteiger partial charge in [0.05, 0.1) is 4.90 Å². The van der Waals surface area contributed by atoms with Crippen LogP contribution in [-0.4, -0.2) is 14.2 Å². The van der Waals surface area contributed by atoms with Crippen LogP contribution in [0.15, 0.2) is 47.4 Å². The lowest BCUT2D eigenvalue weighted by molar-refractivity contribution is -0.118. The first kappa shape index (κ1) is 14.7. The van der Waals surface area contributed by atoms with Gasteiger partial charge in [-0.15, -0.1) is 0 Å². The number of benzene rings is 2. The molecule has 0 unspecified atom stereocenters. The highest BCUT2D eigenvalue weighted by Crippen LogP contribution is 2.24. The SMILES string of the molecule is O=C1CCc2cc(S(=O)(=O)Nc3ccc(F)cc3)ccc2C1. The largest absolute Gasteiger partial charge is 0.299 e. The van der Waals surface area contributed by atoms with E-state index < -0.39 is 15.8 Å². The molecule has 1 N–H and O–H groups in total. The third kappa shape index (κ3) is 3.01. The average Bonchev–Trinajstić information content (AvgIpc) is 2.49. The second-order valence-corrected chi connectivity index (χ2v) is 6.94. The quantitative estimate of drug-likeness (QED) is 0.946. The second-order valence-electron chi connectivity index (χ2n) is 5.26. The molecule has 22 heavy (non-hydrogen) atoms. The Morgan fingerprint density at radius 2 is 1.68 bits per heavy atom. The van der Waals surface area contributed by atoms with Crippen LogP contribution in [0.3, 0.4) is 0 Å². The molecule has 0 radical (unpaired) electrons. The highest BCUT2D eigenvalue weighted by atomic mass is 32.2. The number of carbonyl (C=O) groups excluding carboxylic acids is 1. The lowest BCUT2D eigenvalue weighted by Gasteiger charge is -2.16. The summed E-state index contributed by atoms with van der Waals surface area (Å²) < 4.78 is 40.0. The van der Waals surface area contributed by atoms with E-state index in [1.165, 1.54) is 30.3 Å². The molecular weight excluding hydrogens is 305 g/mol. The number of Topliss-reactive ketones (excluding diaryl/α,β-unsaturated/α-hetero) is 1. The molecule has 2 aromatic rings. The molecule has 0 fully saturated rings. The van der Waals surface area contributed by atoms with Gasteiger partial charge in [0.15, 0.2) is 0 Å². The molecule has 0 aromatic heterocycles. The summed E-state index contributed by atoms with van der Waals surface area (Å²) in [6, 6.07) is 9.89. The number of hydrogen-bond acceptors (Lipinski definition) is 3. The Hall–Kier alpha value is -2.21. The Kier molecular flexibility index (Phi) is 3.70. The van der Waals surface area contributed by atoms with Crippen LogP contribution in [0.2, 0.25) is 0 Å². The third-order valence-electron chi connectivity index (χ3n) is 3.65. The van der Waals surface area contributed by atoms with Crippen LogP contribution in [0.1, 0.15) is 17.5 Å². The summed E-state index contributed by atoms with van der Waals surface area (Å²) >= 11 is 0.